The molecular formula is C16H19N3O3. The maximum atomic E-state index is 12.1. The predicted molar refractivity (Wildman–Crippen MR) is 80.9 cm³/mol. The number of nitrogens with two attached hydrogens (primary N) is 1. The van der Waals surface area contributed by atoms with Crippen molar-refractivity contribution in [2.75, 3.05) is 0 Å². The molecule has 6 heteroatoms. The van der Waals surface area contributed by atoms with Gasteiger partial charge in [-0.1, -0.05) is 11.8 Å². The van der Waals surface area contributed by atoms with Gasteiger partial charge in [0.2, 0.25) is 0 Å². The van der Waals surface area contributed by atoms with Crippen molar-refractivity contribution in [1.29, 1.82) is 0 Å². The Kier molecular flexibility index (Phi) is 5.15. The molecule has 0 aliphatic heterocycles. The molecule has 0 unspecified atom stereocenters. The first kappa shape index (κ1) is 16.0. The topological polar surface area (TPSA) is 104 Å². The molecule has 6 nitrogen and oxygen atoms in total. The summed E-state index contributed by atoms with van der Waals surface area (Å²) in [5.74, 6) is 5.53. The van der Waals surface area contributed by atoms with Crippen molar-refractivity contribution in [3.8, 4) is 11.8 Å². The third-order valence-electron chi connectivity index (χ3n) is 3.35. The Morgan fingerprint density at radius 2 is 1.95 bits per heavy atom. The maximum Gasteiger partial charge on any atom is 0.267 e. The van der Waals surface area contributed by atoms with E-state index < -0.39 is 23.9 Å². The number of amides is 2. The number of hydroxylamine groups is 1. The summed E-state index contributed by atoms with van der Waals surface area (Å²) < 4.78 is 0. The van der Waals surface area contributed by atoms with Crippen molar-refractivity contribution in [1.82, 2.24) is 10.8 Å². The van der Waals surface area contributed by atoms with Gasteiger partial charge in [-0.05, 0) is 44.0 Å². The lowest BCUT2D eigenvalue weighted by Crippen LogP contribution is -2.54. The molecule has 1 aromatic rings. The lowest BCUT2D eigenvalue weighted by molar-refractivity contribution is -0.131. The fourth-order valence-corrected chi connectivity index (χ4v) is 1.85. The molecule has 0 radical (unpaired) electrons. The van der Waals surface area contributed by atoms with Gasteiger partial charge in [0.1, 0.15) is 6.04 Å². The first-order chi connectivity index (χ1) is 10.5. The van der Waals surface area contributed by atoms with E-state index in [1.165, 1.54) is 18.3 Å². The molecule has 1 aliphatic rings. The molecule has 2 amide bonds. The Labute approximate surface area is 129 Å². The lowest BCUT2D eigenvalue weighted by atomic mass is 10.1. The van der Waals surface area contributed by atoms with Gasteiger partial charge in [0.25, 0.3) is 11.8 Å². The zero-order valence-corrected chi connectivity index (χ0v) is 12.3. The molecule has 116 valence electrons. The summed E-state index contributed by atoms with van der Waals surface area (Å²) in [5, 5.41) is 11.2. The number of hydrogen-bond donors (Lipinski definition) is 4. The minimum absolute atomic E-state index is 0.397. The molecule has 1 aliphatic carbocycles. The summed E-state index contributed by atoms with van der Waals surface area (Å²) >= 11 is 0. The smallest absolute Gasteiger partial charge is 0.267 e. The van der Waals surface area contributed by atoms with Gasteiger partial charge in [-0.3, -0.25) is 14.8 Å². The van der Waals surface area contributed by atoms with E-state index in [1.54, 1.807) is 31.2 Å². The molecule has 1 aromatic carbocycles. The Balaban J connectivity index is 2.02. The molecule has 0 aromatic heterocycles. The van der Waals surface area contributed by atoms with Crippen molar-refractivity contribution >= 4 is 11.8 Å². The highest BCUT2D eigenvalue weighted by Gasteiger charge is 2.24. The number of carbonyl (C=O) groups excluding carboxylic acids is 2. The molecule has 2 atom stereocenters. The summed E-state index contributed by atoms with van der Waals surface area (Å²) in [6, 6.07) is 5.16. The normalized spacial score (nSPS) is 16.0. The van der Waals surface area contributed by atoms with Crippen LogP contribution in [0.2, 0.25) is 0 Å². The van der Waals surface area contributed by atoms with Crippen LogP contribution in [0.3, 0.4) is 0 Å². The second-order valence-electron chi connectivity index (χ2n) is 5.41. The predicted octanol–water partition coefficient (Wildman–Crippen LogP) is 0.399. The van der Waals surface area contributed by atoms with E-state index in [0.717, 1.165) is 5.56 Å². The Bertz CT molecular complexity index is 610. The van der Waals surface area contributed by atoms with E-state index in [0.29, 0.717) is 11.5 Å². The van der Waals surface area contributed by atoms with Crippen molar-refractivity contribution in [3.63, 3.8) is 0 Å². The van der Waals surface area contributed by atoms with E-state index in [-0.39, 0.29) is 0 Å². The van der Waals surface area contributed by atoms with E-state index in [4.69, 9.17) is 10.9 Å². The van der Waals surface area contributed by atoms with Crippen LogP contribution in [0, 0.1) is 17.8 Å². The third-order valence-corrected chi connectivity index (χ3v) is 3.35. The molecule has 1 saturated carbocycles. The van der Waals surface area contributed by atoms with Crippen molar-refractivity contribution in [2.45, 2.75) is 31.8 Å². The van der Waals surface area contributed by atoms with Crippen LogP contribution < -0.4 is 16.5 Å². The zero-order valence-electron chi connectivity index (χ0n) is 12.3. The molecule has 0 heterocycles. The molecule has 5 N–H and O–H groups in total. The maximum absolute atomic E-state index is 12.1. The summed E-state index contributed by atoms with van der Waals surface area (Å²) in [6.45, 7) is 1.57. The summed E-state index contributed by atoms with van der Waals surface area (Å²) in [7, 11) is 0. The van der Waals surface area contributed by atoms with Crippen molar-refractivity contribution < 1.29 is 14.8 Å². The Hall–Kier alpha value is -2.36. The van der Waals surface area contributed by atoms with E-state index >= 15 is 0 Å². The van der Waals surface area contributed by atoms with Crippen LogP contribution >= 0.6 is 0 Å². The van der Waals surface area contributed by atoms with Gasteiger partial charge in [0, 0.05) is 23.1 Å². The number of rotatable bonds is 4. The van der Waals surface area contributed by atoms with Gasteiger partial charge in [-0.2, -0.15) is 0 Å². The van der Waals surface area contributed by atoms with Gasteiger partial charge < -0.3 is 11.1 Å². The molecular weight excluding hydrogens is 282 g/mol. The highest BCUT2D eigenvalue weighted by molar-refractivity contribution is 5.97. The monoisotopic (exact) mass is 301 g/mol. The standard InChI is InChI=1S/C16H19N3O3/c1-10(17)14(16(21)19-22)18-15(20)13-8-6-12(7-9-13)5-4-11-2-3-11/h6-11,14,22H,2-3,17H2,1H3,(H,18,20)(H,19,21)/t10-,14+/m1/s1. The van der Waals surface area contributed by atoms with Gasteiger partial charge in [-0.15, -0.1) is 0 Å². The largest absolute Gasteiger partial charge is 0.339 e. The van der Waals surface area contributed by atoms with Crippen LogP contribution in [-0.2, 0) is 4.79 Å². The van der Waals surface area contributed by atoms with Crippen LogP contribution in [0.5, 0.6) is 0 Å². The molecule has 0 bridgehead atoms. The summed E-state index contributed by atoms with van der Waals surface area (Å²) in [5.41, 5.74) is 8.37. The number of nitrogens with one attached hydrogen (secondary N) is 2. The second-order valence-corrected chi connectivity index (χ2v) is 5.41. The number of hydrogen-bond acceptors (Lipinski definition) is 4. The number of benzene rings is 1. The van der Waals surface area contributed by atoms with Crippen LogP contribution in [-0.4, -0.2) is 29.1 Å². The molecule has 0 spiro atoms. The van der Waals surface area contributed by atoms with Crippen LogP contribution in [0.4, 0.5) is 0 Å². The molecule has 22 heavy (non-hydrogen) atoms. The SMILES string of the molecule is C[C@@H](N)[C@H](NC(=O)c1ccc(C#CC2CC2)cc1)C(=O)NO. The van der Waals surface area contributed by atoms with E-state index in [9.17, 15) is 9.59 Å². The van der Waals surface area contributed by atoms with Crippen molar-refractivity contribution in [2.24, 2.45) is 11.7 Å². The minimum atomic E-state index is -1.01. The zero-order chi connectivity index (χ0) is 16.1. The molecule has 2 rings (SSSR count). The third kappa shape index (κ3) is 4.32. The van der Waals surface area contributed by atoms with Gasteiger partial charge >= 0.3 is 0 Å². The Morgan fingerprint density at radius 3 is 2.45 bits per heavy atom. The first-order valence-electron chi connectivity index (χ1n) is 7.13. The number of carbonyl (C=O) groups is 2. The fourth-order valence-electron chi connectivity index (χ4n) is 1.85. The van der Waals surface area contributed by atoms with E-state index in [2.05, 4.69) is 17.2 Å². The van der Waals surface area contributed by atoms with Gasteiger partial charge in [0.15, 0.2) is 0 Å². The Morgan fingerprint density at radius 1 is 1.32 bits per heavy atom. The second kappa shape index (κ2) is 7.07. The quantitative estimate of drug-likeness (QED) is 0.367. The van der Waals surface area contributed by atoms with Crippen LogP contribution in [0.25, 0.3) is 0 Å². The summed E-state index contributed by atoms with van der Waals surface area (Å²) in [6.07, 6.45) is 2.33. The van der Waals surface area contributed by atoms with Gasteiger partial charge in [0.05, 0.1) is 0 Å². The minimum Gasteiger partial charge on any atom is -0.339 e. The fraction of sp³-hybridized carbons (Fsp3) is 0.375. The first-order valence-corrected chi connectivity index (χ1v) is 7.13. The lowest BCUT2D eigenvalue weighted by Gasteiger charge is -2.20. The summed E-state index contributed by atoms with van der Waals surface area (Å²) in [4.78, 5) is 23.6. The highest BCUT2D eigenvalue weighted by atomic mass is 16.5. The van der Waals surface area contributed by atoms with Gasteiger partial charge in [-0.25, -0.2) is 5.48 Å². The average molecular weight is 301 g/mol. The van der Waals surface area contributed by atoms with Crippen LogP contribution in [0.1, 0.15) is 35.7 Å². The molecule has 0 saturated heterocycles. The van der Waals surface area contributed by atoms with E-state index in [1.807, 2.05) is 0 Å². The van der Waals surface area contributed by atoms with Crippen LogP contribution in [0.15, 0.2) is 24.3 Å². The average Bonchev–Trinajstić information content (AvgIpc) is 3.34. The molecule has 1 fully saturated rings. The van der Waals surface area contributed by atoms with Crippen molar-refractivity contribution in [3.05, 3.63) is 35.4 Å². The highest BCUT2D eigenvalue weighted by Crippen LogP contribution is 2.27.